The summed E-state index contributed by atoms with van der Waals surface area (Å²) < 4.78 is 29.6. The zero-order chi connectivity index (χ0) is 17.3. The molecule has 124 valence electrons. The van der Waals surface area contributed by atoms with E-state index >= 15 is 0 Å². The Labute approximate surface area is 138 Å². The molecule has 0 N–H and O–H groups in total. The number of rotatable bonds is 5. The Bertz CT molecular complexity index is 764. The minimum absolute atomic E-state index is 0.0463. The van der Waals surface area contributed by atoms with E-state index in [1.54, 1.807) is 24.3 Å². The van der Waals surface area contributed by atoms with Gasteiger partial charge < -0.3 is 0 Å². The largest absolute Gasteiger partial charge is 0.296 e. The molecule has 1 unspecified atom stereocenters. The van der Waals surface area contributed by atoms with Crippen molar-refractivity contribution in [1.82, 2.24) is 0 Å². The number of carbonyl (C=O) groups excluding carboxylic acids is 1. The highest BCUT2D eigenvalue weighted by Crippen LogP contribution is 2.50. The lowest BCUT2D eigenvalue weighted by Gasteiger charge is -2.45. The van der Waals surface area contributed by atoms with E-state index in [1.165, 1.54) is 13.0 Å². The number of carbonyl (C=O) groups is 1. The number of hydrogen-bond acceptors (Lipinski definition) is 4. The summed E-state index contributed by atoms with van der Waals surface area (Å²) in [4.78, 5) is 11.2. The van der Waals surface area contributed by atoms with Crippen molar-refractivity contribution in [3.8, 4) is 0 Å². The third-order valence-electron chi connectivity index (χ3n) is 4.43. The SMILES string of the molecule is CC(=O)C=C=C1CC(COS(=O)(=O)c2ccc(C)cc2)C1(C)C. The second kappa shape index (κ2) is 6.44. The van der Waals surface area contributed by atoms with Gasteiger partial charge in [0, 0.05) is 6.08 Å². The van der Waals surface area contributed by atoms with Gasteiger partial charge in [0.15, 0.2) is 5.78 Å². The highest BCUT2D eigenvalue weighted by atomic mass is 32.2. The van der Waals surface area contributed by atoms with Gasteiger partial charge in [-0.2, -0.15) is 8.42 Å². The molecular formula is C18H22O4S. The maximum absolute atomic E-state index is 12.2. The van der Waals surface area contributed by atoms with Crippen LogP contribution in [0.1, 0.15) is 32.8 Å². The van der Waals surface area contributed by atoms with Gasteiger partial charge in [0.2, 0.25) is 0 Å². The Hall–Kier alpha value is -1.68. The molecule has 0 spiro atoms. The summed E-state index contributed by atoms with van der Waals surface area (Å²) in [5.74, 6) is 0.0422. The molecule has 2 rings (SSSR count). The number of allylic oxidation sites excluding steroid dienone is 1. The van der Waals surface area contributed by atoms with Crippen LogP contribution in [0.2, 0.25) is 0 Å². The van der Waals surface area contributed by atoms with Crippen LogP contribution in [0.15, 0.2) is 46.5 Å². The van der Waals surface area contributed by atoms with E-state index in [9.17, 15) is 13.2 Å². The molecule has 1 fully saturated rings. The Morgan fingerprint density at radius 3 is 2.48 bits per heavy atom. The van der Waals surface area contributed by atoms with E-state index in [2.05, 4.69) is 5.73 Å². The summed E-state index contributed by atoms with van der Waals surface area (Å²) in [5, 5.41) is 0. The van der Waals surface area contributed by atoms with E-state index in [0.29, 0.717) is 6.42 Å². The molecule has 4 nitrogen and oxygen atoms in total. The van der Waals surface area contributed by atoms with Crippen LogP contribution in [0, 0.1) is 18.3 Å². The van der Waals surface area contributed by atoms with E-state index in [4.69, 9.17) is 4.18 Å². The van der Waals surface area contributed by atoms with E-state index in [-0.39, 0.29) is 28.6 Å². The van der Waals surface area contributed by atoms with Crippen LogP contribution in [0.4, 0.5) is 0 Å². The van der Waals surface area contributed by atoms with E-state index in [1.807, 2.05) is 20.8 Å². The zero-order valence-electron chi connectivity index (χ0n) is 13.9. The molecule has 1 aromatic rings. The number of aryl methyl sites for hydroxylation is 1. The minimum Gasteiger partial charge on any atom is -0.294 e. The third-order valence-corrected chi connectivity index (χ3v) is 5.73. The summed E-state index contributed by atoms with van der Waals surface area (Å²) in [6, 6.07) is 6.60. The van der Waals surface area contributed by atoms with Crippen LogP contribution in [-0.4, -0.2) is 20.8 Å². The van der Waals surface area contributed by atoms with Crippen molar-refractivity contribution >= 4 is 15.9 Å². The zero-order valence-corrected chi connectivity index (χ0v) is 14.7. The van der Waals surface area contributed by atoms with Gasteiger partial charge in [0.25, 0.3) is 10.1 Å². The highest BCUT2D eigenvalue weighted by molar-refractivity contribution is 7.86. The molecule has 0 aliphatic heterocycles. The minimum atomic E-state index is -3.73. The van der Waals surface area contributed by atoms with Gasteiger partial charge in [0.1, 0.15) is 0 Å². The summed E-state index contributed by atoms with van der Waals surface area (Å²) in [5.41, 5.74) is 4.82. The summed E-state index contributed by atoms with van der Waals surface area (Å²) in [6.07, 6.45) is 2.12. The van der Waals surface area contributed by atoms with Crippen molar-refractivity contribution in [2.75, 3.05) is 6.61 Å². The van der Waals surface area contributed by atoms with Gasteiger partial charge in [-0.05, 0) is 49.3 Å². The molecule has 1 saturated carbocycles. The first kappa shape index (κ1) is 17.7. The van der Waals surface area contributed by atoms with Gasteiger partial charge in [-0.15, -0.1) is 5.73 Å². The lowest BCUT2D eigenvalue weighted by atomic mass is 9.59. The number of hydrogen-bond donors (Lipinski definition) is 0. The Morgan fingerprint density at radius 1 is 1.35 bits per heavy atom. The van der Waals surface area contributed by atoms with Gasteiger partial charge in [-0.3, -0.25) is 8.98 Å². The fourth-order valence-electron chi connectivity index (χ4n) is 2.53. The molecule has 1 aliphatic rings. The molecule has 1 aliphatic carbocycles. The van der Waals surface area contributed by atoms with Crippen molar-refractivity contribution in [3.05, 3.63) is 47.2 Å². The van der Waals surface area contributed by atoms with Crippen LogP contribution in [-0.2, 0) is 19.1 Å². The van der Waals surface area contributed by atoms with Crippen LogP contribution in [0.3, 0.4) is 0 Å². The fraction of sp³-hybridized carbons (Fsp3) is 0.444. The first-order valence-electron chi connectivity index (χ1n) is 7.55. The van der Waals surface area contributed by atoms with Crippen molar-refractivity contribution in [3.63, 3.8) is 0 Å². The molecule has 23 heavy (non-hydrogen) atoms. The third kappa shape index (κ3) is 3.99. The molecule has 0 aromatic heterocycles. The van der Waals surface area contributed by atoms with Gasteiger partial charge in [-0.25, -0.2) is 0 Å². The van der Waals surface area contributed by atoms with Crippen LogP contribution in [0.5, 0.6) is 0 Å². The number of ketones is 1. The van der Waals surface area contributed by atoms with Crippen molar-refractivity contribution < 1.29 is 17.4 Å². The van der Waals surface area contributed by atoms with Gasteiger partial charge in [-0.1, -0.05) is 31.5 Å². The second-order valence-corrected chi connectivity index (χ2v) is 8.17. The summed E-state index contributed by atoms with van der Waals surface area (Å²) in [7, 11) is -3.73. The van der Waals surface area contributed by atoms with E-state index < -0.39 is 10.1 Å². The molecule has 1 aromatic carbocycles. The normalized spacial score (nSPS) is 19.7. The van der Waals surface area contributed by atoms with Crippen LogP contribution >= 0.6 is 0 Å². The molecule has 5 heteroatoms. The lowest BCUT2D eigenvalue weighted by molar-refractivity contribution is -0.112. The van der Waals surface area contributed by atoms with E-state index in [0.717, 1.165) is 11.1 Å². The first-order chi connectivity index (χ1) is 10.6. The van der Waals surface area contributed by atoms with Crippen molar-refractivity contribution in [1.29, 1.82) is 0 Å². The molecule has 0 saturated heterocycles. The first-order valence-corrected chi connectivity index (χ1v) is 8.96. The molecular weight excluding hydrogens is 312 g/mol. The predicted octanol–water partition coefficient (Wildman–Crippen LogP) is 3.42. The monoisotopic (exact) mass is 334 g/mol. The molecule has 1 atom stereocenters. The maximum Gasteiger partial charge on any atom is 0.296 e. The van der Waals surface area contributed by atoms with Gasteiger partial charge in [0.05, 0.1) is 11.5 Å². The molecule has 0 radical (unpaired) electrons. The standard InChI is InChI=1S/C18H22O4S/c1-13-5-9-17(10-6-13)23(20,21)22-12-16-11-15(18(16,3)4)8-7-14(2)19/h5-7,9-10,16H,11-12H2,1-4H3. The van der Waals surface area contributed by atoms with Crippen molar-refractivity contribution in [2.24, 2.45) is 11.3 Å². The highest BCUT2D eigenvalue weighted by Gasteiger charge is 2.44. The molecule has 0 heterocycles. The Balaban J connectivity index is 2.04. The predicted molar refractivity (Wildman–Crippen MR) is 88.5 cm³/mol. The Kier molecular flexibility index (Phi) is 4.95. The molecule has 0 bridgehead atoms. The van der Waals surface area contributed by atoms with Crippen LogP contribution < -0.4 is 0 Å². The van der Waals surface area contributed by atoms with Crippen LogP contribution in [0.25, 0.3) is 0 Å². The maximum atomic E-state index is 12.2. The average molecular weight is 334 g/mol. The second-order valence-electron chi connectivity index (χ2n) is 6.55. The Morgan fingerprint density at radius 2 is 1.96 bits per heavy atom. The van der Waals surface area contributed by atoms with Gasteiger partial charge >= 0.3 is 0 Å². The number of benzene rings is 1. The van der Waals surface area contributed by atoms with Crippen molar-refractivity contribution in [2.45, 2.75) is 39.0 Å². The topological polar surface area (TPSA) is 60.4 Å². The summed E-state index contributed by atoms with van der Waals surface area (Å²) in [6.45, 7) is 7.54. The smallest absolute Gasteiger partial charge is 0.294 e. The average Bonchev–Trinajstić information content (AvgIpc) is 2.45. The fourth-order valence-corrected chi connectivity index (χ4v) is 3.47. The quantitative estimate of drug-likeness (QED) is 0.470. The summed E-state index contributed by atoms with van der Waals surface area (Å²) >= 11 is 0. The lowest BCUT2D eigenvalue weighted by Crippen LogP contribution is -2.40. The molecule has 0 amide bonds.